The summed E-state index contributed by atoms with van der Waals surface area (Å²) in [5, 5.41) is 12.0. The average Bonchev–Trinajstić information content (AvgIpc) is 3.21. The largest absolute Gasteiger partial charge is 0.337 e. The molecule has 2 aromatic heterocycles. The summed E-state index contributed by atoms with van der Waals surface area (Å²) in [6.45, 7) is 6.09. The van der Waals surface area contributed by atoms with Gasteiger partial charge in [0.05, 0.1) is 0 Å². The molecular formula is C21H24N6O3. The summed E-state index contributed by atoms with van der Waals surface area (Å²) in [5.41, 5.74) is 2.38. The number of aryl methyl sites for hydroxylation is 1. The molecule has 0 atom stereocenters. The molecule has 3 aromatic rings. The van der Waals surface area contributed by atoms with Crippen LogP contribution in [0.1, 0.15) is 37.6 Å². The van der Waals surface area contributed by atoms with Crippen molar-refractivity contribution >= 4 is 23.4 Å². The number of carbonyl (C=O) groups is 2. The van der Waals surface area contributed by atoms with Crippen molar-refractivity contribution in [2.24, 2.45) is 0 Å². The van der Waals surface area contributed by atoms with Crippen molar-refractivity contribution in [1.82, 2.24) is 20.4 Å². The van der Waals surface area contributed by atoms with E-state index in [1.165, 1.54) is 0 Å². The number of urea groups is 1. The normalized spacial score (nSPS) is 10.7. The van der Waals surface area contributed by atoms with E-state index >= 15 is 0 Å². The van der Waals surface area contributed by atoms with E-state index in [0.29, 0.717) is 23.2 Å². The first-order valence-corrected chi connectivity index (χ1v) is 9.62. The highest BCUT2D eigenvalue weighted by atomic mass is 16.5. The summed E-state index contributed by atoms with van der Waals surface area (Å²) in [5.74, 6) is 1.52. The fraction of sp³-hybridized carbons (Fsp3) is 0.286. The minimum atomic E-state index is -0.399. The lowest BCUT2D eigenvalue weighted by atomic mass is 10.2. The summed E-state index contributed by atoms with van der Waals surface area (Å²) in [6.07, 6.45) is 1.81. The molecule has 2 heterocycles. The number of carbonyl (C=O) groups excluding carboxylic acids is 2. The van der Waals surface area contributed by atoms with Crippen molar-refractivity contribution in [3.05, 3.63) is 54.0 Å². The lowest BCUT2D eigenvalue weighted by molar-refractivity contribution is -0.116. The van der Waals surface area contributed by atoms with Crippen molar-refractivity contribution in [3.8, 4) is 11.5 Å². The number of benzene rings is 1. The van der Waals surface area contributed by atoms with E-state index in [1.54, 1.807) is 36.5 Å². The van der Waals surface area contributed by atoms with Gasteiger partial charge in [-0.2, -0.15) is 4.98 Å². The maximum atomic E-state index is 12.0. The first-order valence-electron chi connectivity index (χ1n) is 9.62. The second-order valence-electron chi connectivity index (χ2n) is 7.09. The fourth-order valence-corrected chi connectivity index (χ4v) is 2.49. The molecule has 0 aliphatic carbocycles. The van der Waals surface area contributed by atoms with Gasteiger partial charge < -0.3 is 20.5 Å². The monoisotopic (exact) mass is 408 g/mol. The molecule has 0 aliphatic rings. The van der Waals surface area contributed by atoms with E-state index < -0.39 is 6.03 Å². The van der Waals surface area contributed by atoms with E-state index in [-0.39, 0.29) is 24.8 Å². The van der Waals surface area contributed by atoms with Gasteiger partial charge in [0, 0.05) is 36.3 Å². The zero-order valence-corrected chi connectivity index (χ0v) is 17.1. The number of pyridine rings is 1. The van der Waals surface area contributed by atoms with Crippen LogP contribution in [0, 0.1) is 6.92 Å². The van der Waals surface area contributed by atoms with Crippen molar-refractivity contribution in [1.29, 1.82) is 0 Å². The van der Waals surface area contributed by atoms with Gasteiger partial charge in [-0.3, -0.25) is 4.79 Å². The number of rotatable bonds is 7. The lowest BCUT2D eigenvalue weighted by Crippen LogP contribution is -2.31. The van der Waals surface area contributed by atoms with Gasteiger partial charge in [-0.15, -0.1) is 0 Å². The Bertz CT molecular complexity index is 996. The maximum Gasteiger partial charge on any atom is 0.319 e. The molecule has 156 valence electrons. The van der Waals surface area contributed by atoms with Crippen LogP contribution in [0.5, 0.6) is 0 Å². The summed E-state index contributed by atoms with van der Waals surface area (Å²) in [4.78, 5) is 32.4. The van der Waals surface area contributed by atoms with Gasteiger partial charge in [-0.25, -0.2) is 9.78 Å². The number of hydrogen-bond donors (Lipinski definition) is 3. The highest BCUT2D eigenvalue weighted by Gasteiger charge is 2.12. The Hall–Kier alpha value is -3.75. The van der Waals surface area contributed by atoms with Crippen LogP contribution < -0.4 is 16.0 Å². The molecule has 0 unspecified atom stereocenters. The SMILES string of the molecule is Cc1ccc(NC(=O)CCNC(=O)Nc2ccc(-c3nc(C(C)C)no3)cc2)nc1. The van der Waals surface area contributed by atoms with Gasteiger partial charge in [-0.05, 0) is 42.8 Å². The van der Waals surface area contributed by atoms with E-state index in [1.807, 2.05) is 26.8 Å². The van der Waals surface area contributed by atoms with Crippen molar-refractivity contribution in [2.45, 2.75) is 33.1 Å². The standard InChI is InChI=1S/C21H24N6O3/c1-13(2)19-26-20(30-27-19)15-5-7-16(8-6-15)24-21(29)22-11-10-18(28)25-17-9-4-14(3)12-23-17/h4-9,12-13H,10-11H2,1-3H3,(H2,22,24,29)(H,23,25,28). The second-order valence-corrected chi connectivity index (χ2v) is 7.09. The number of hydrogen-bond acceptors (Lipinski definition) is 6. The zero-order valence-electron chi connectivity index (χ0n) is 17.1. The Labute approximate surface area is 174 Å². The molecule has 3 amide bonds. The number of aromatic nitrogens is 3. The molecule has 3 rings (SSSR count). The van der Waals surface area contributed by atoms with Crippen LogP contribution in [0.2, 0.25) is 0 Å². The summed E-state index contributed by atoms with van der Waals surface area (Å²) in [7, 11) is 0. The molecule has 0 spiro atoms. The third kappa shape index (κ3) is 5.87. The van der Waals surface area contributed by atoms with Gasteiger partial charge in [0.2, 0.25) is 5.91 Å². The minimum Gasteiger partial charge on any atom is -0.337 e. The van der Waals surface area contributed by atoms with Gasteiger partial charge in [-0.1, -0.05) is 25.1 Å². The van der Waals surface area contributed by atoms with Crippen LogP contribution in [0.3, 0.4) is 0 Å². The number of anilines is 2. The minimum absolute atomic E-state index is 0.136. The van der Waals surface area contributed by atoms with Crippen LogP contribution in [0.4, 0.5) is 16.3 Å². The smallest absolute Gasteiger partial charge is 0.319 e. The van der Waals surface area contributed by atoms with Crippen LogP contribution >= 0.6 is 0 Å². The van der Waals surface area contributed by atoms with E-state index in [9.17, 15) is 9.59 Å². The topological polar surface area (TPSA) is 122 Å². The van der Waals surface area contributed by atoms with E-state index in [4.69, 9.17) is 4.52 Å². The highest BCUT2D eigenvalue weighted by molar-refractivity contribution is 5.92. The summed E-state index contributed by atoms with van der Waals surface area (Å²) < 4.78 is 5.25. The first kappa shape index (κ1) is 21.0. The van der Waals surface area contributed by atoms with Crippen molar-refractivity contribution in [2.75, 3.05) is 17.2 Å². The van der Waals surface area contributed by atoms with Gasteiger partial charge in [0.25, 0.3) is 5.89 Å². The summed E-state index contributed by atoms with van der Waals surface area (Å²) >= 11 is 0. The Balaban J connectivity index is 1.43. The Morgan fingerprint density at radius 2 is 1.83 bits per heavy atom. The summed E-state index contributed by atoms with van der Waals surface area (Å²) in [6, 6.07) is 10.2. The fourth-order valence-electron chi connectivity index (χ4n) is 2.49. The molecule has 0 bridgehead atoms. The van der Waals surface area contributed by atoms with Crippen LogP contribution in [0.25, 0.3) is 11.5 Å². The molecule has 3 N–H and O–H groups in total. The van der Waals surface area contributed by atoms with Crippen LogP contribution in [-0.4, -0.2) is 33.6 Å². The molecule has 9 heteroatoms. The molecule has 1 aromatic carbocycles. The Morgan fingerprint density at radius 1 is 1.07 bits per heavy atom. The van der Waals surface area contributed by atoms with E-state index in [0.717, 1.165) is 11.1 Å². The molecule has 0 aliphatic heterocycles. The van der Waals surface area contributed by atoms with Crippen molar-refractivity contribution in [3.63, 3.8) is 0 Å². The van der Waals surface area contributed by atoms with Gasteiger partial charge in [0.1, 0.15) is 5.82 Å². The predicted octanol–water partition coefficient (Wildman–Crippen LogP) is 3.71. The molecule has 30 heavy (non-hydrogen) atoms. The predicted molar refractivity (Wildman–Crippen MR) is 113 cm³/mol. The molecular weight excluding hydrogens is 384 g/mol. The molecule has 0 saturated heterocycles. The highest BCUT2D eigenvalue weighted by Crippen LogP contribution is 2.21. The second kappa shape index (κ2) is 9.64. The molecule has 0 saturated carbocycles. The third-order valence-corrected chi connectivity index (χ3v) is 4.16. The molecule has 0 radical (unpaired) electrons. The third-order valence-electron chi connectivity index (χ3n) is 4.16. The number of nitrogens with one attached hydrogen (secondary N) is 3. The molecule has 9 nitrogen and oxygen atoms in total. The zero-order chi connectivity index (χ0) is 21.5. The Kier molecular flexibility index (Phi) is 6.74. The quantitative estimate of drug-likeness (QED) is 0.548. The van der Waals surface area contributed by atoms with E-state index in [2.05, 4.69) is 31.1 Å². The number of nitrogens with zero attached hydrogens (tertiary/aromatic N) is 3. The average molecular weight is 408 g/mol. The first-order chi connectivity index (χ1) is 14.4. The van der Waals surface area contributed by atoms with Gasteiger partial charge >= 0.3 is 6.03 Å². The van der Waals surface area contributed by atoms with Gasteiger partial charge in [0.15, 0.2) is 5.82 Å². The lowest BCUT2D eigenvalue weighted by Gasteiger charge is -2.08. The van der Waals surface area contributed by atoms with Crippen LogP contribution in [0.15, 0.2) is 47.1 Å². The molecule has 0 fully saturated rings. The maximum absolute atomic E-state index is 12.0. The van der Waals surface area contributed by atoms with Crippen molar-refractivity contribution < 1.29 is 14.1 Å². The number of amides is 3. The van der Waals surface area contributed by atoms with Crippen LogP contribution in [-0.2, 0) is 4.79 Å². The Morgan fingerprint density at radius 3 is 2.47 bits per heavy atom.